The Morgan fingerprint density at radius 1 is 0.756 bits per heavy atom. The Hall–Kier alpha value is -3.59. The van der Waals surface area contributed by atoms with Crippen LogP contribution in [0.3, 0.4) is 0 Å². The lowest BCUT2D eigenvalue weighted by molar-refractivity contribution is 0.481. The van der Waals surface area contributed by atoms with Gasteiger partial charge in [0.15, 0.2) is 5.11 Å². The third kappa shape index (κ3) is 6.84. The first-order valence-corrected chi connectivity index (χ1v) is 15.6. The summed E-state index contributed by atoms with van der Waals surface area (Å²) in [5.74, 6) is 2.50. The van der Waals surface area contributed by atoms with Crippen LogP contribution in [0.1, 0.15) is 44.6 Å². The summed E-state index contributed by atoms with van der Waals surface area (Å²) in [4.78, 5) is 19.6. The molecule has 1 unspecified atom stereocenters. The lowest BCUT2D eigenvalue weighted by Gasteiger charge is -2.38. The number of benzene rings is 2. The summed E-state index contributed by atoms with van der Waals surface area (Å²) in [5.41, 5.74) is 3.79. The maximum atomic E-state index is 5.70. The van der Waals surface area contributed by atoms with Gasteiger partial charge in [0.2, 0.25) is 5.95 Å². The van der Waals surface area contributed by atoms with Gasteiger partial charge in [0.1, 0.15) is 11.6 Å². The molecule has 0 spiro atoms. The zero-order valence-electron chi connectivity index (χ0n) is 24.1. The number of piperidine rings is 1. The predicted octanol–water partition coefficient (Wildman–Crippen LogP) is 5.27. The van der Waals surface area contributed by atoms with Gasteiger partial charge in [-0.3, -0.25) is 0 Å². The normalized spacial score (nSPS) is 19.4. The van der Waals surface area contributed by atoms with Crippen LogP contribution in [0.2, 0.25) is 0 Å². The van der Waals surface area contributed by atoms with E-state index in [2.05, 4.69) is 97.8 Å². The second-order valence-corrected chi connectivity index (χ2v) is 11.8. The molecule has 9 heteroatoms. The first-order valence-electron chi connectivity index (χ1n) is 15.2. The molecule has 3 fully saturated rings. The molecule has 1 atom stereocenters. The van der Waals surface area contributed by atoms with Crippen molar-refractivity contribution < 1.29 is 0 Å². The van der Waals surface area contributed by atoms with Crippen LogP contribution < -0.4 is 30.2 Å². The summed E-state index contributed by atoms with van der Waals surface area (Å²) in [6, 6.07) is 22.1. The maximum absolute atomic E-state index is 5.70. The summed E-state index contributed by atoms with van der Waals surface area (Å²) >= 11 is 5.70. The van der Waals surface area contributed by atoms with Crippen molar-refractivity contribution in [2.24, 2.45) is 0 Å². The summed E-state index contributed by atoms with van der Waals surface area (Å²) in [6.45, 7) is 10.0. The van der Waals surface area contributed by atoms with Gasteiger partial charge in [-0.1, -0.05) is 30.3 Å². The van der Waals surface area contributed by atoms with E-state index in [4.69, 9.17) is 22.2 Å². The zero-order chi connectivity index (χ0) is 28.0. The SMILES string of the molecule is CC1CCCCN1c1cc(N2CCN(c3ccccc3)CC2)nc(NC(=S)NCc2ccc(N3CCCC3)cc2)n1. The second-order valence-electron chi connectivity index (χ2n) is 11.4. The number of rotatable bonds is 7. The number of hydrogen-bond donors (Lipinski definition) is 2. The first-order chi connectivity index (χ1) is 20.1. The fourth-order valence-corrected chi connectivity index (χ4v) is 6.35. The zero-order valence-corrected chi connectivity index (χ0v) is 25.0. The summed E-state index contributed by atoms with van der Waals surface area (Å²) in [5, 5.41) is 7.20. The van der Waals surface area contributed by atoms with Gasteiger partial charge in [-0.15, -0.1) is 0 Å². The number of nitrogens with zero attached hydrogens (tertiary/aromatic N) is 6. The lowest BCUT2D eigenvalue weighted by Crippen LogP contribution is -2.47. The molecule has 4 heterocycles. The van der Waals surface area contributed by atoms with Gasteiger partial charge in [0.25, 0.3) is 0 Å². The number of para-hydroxylation sites is 1. The van der Waals surface area contributed by atoms with Crippen LogP contribution in [0.25, 0.3) is 0 Å². The molecular formula is C32H42N8S. The average molecular weight is 571 g/mol. The molecule has 0 saturated carbocycles. The average Bonchev–Trinajstić information content (AvgIpc) is 3.56. The van der Waals surface area contributed by atoms with Crippen LogP contribution in [0.15, 0.2) is 60.7 Å². The van der Waals surface area contributed by atoms with Crippen LogP contribution in [0.5, 0.6) is 0 Å². The van der Waals surface area contributed by atoms with Crippen molar-refractivity contribution in [3.63, 3.8) is 0 Å². The number of thiocarbonyl (C=S) groups is 1. The van der Waals surface area contributed by atoms with E-state index in [0.29, 0.717) is 23.6 Å². The Balaban J connectivity index is 1.13. The van der Waals surface area contributed by atoms with E-state index in [-0.39, 0.29) is 0 Å². The van der Waals surface area contributed by atoms with Crippen LogP contribution >= 0.6 is 12.2 Å². The monoisotopic (exact) mass is 570 g/mol. The number of piperazine rings is 1. The standard InChI is InChI=1S/C32H42N8S/c1-25-9-5-6-18-40(25)30-23-29(39-21-19-38(20-22-39)27-10-3-2-4-11-27)34-31(35-30)36-32(41)33-24-26-12-14-28(15-13-26)37-16-7-8-17-37/h2-4,10-15,23,25H,5-9,16-22,24H2,1H3,(H2,33,34,35,36,41). The van der Waals surface area contributed by atoms with Crippen molar-refractivity contribution in [3.05, 3.63) is 66.2 Å². The van der Waals surface area contributed by atoms with Crippen molar-refractivity contribution >= 4 is 46.3 Å². The van der Waals surface area contributed by atoms with Gasteiger partial charge in [-0.2, -0.15) is 9.97 Å². The van der Waals surface area contributed by atoms with Crippen molar-refractivity contribution in [1.29, 1.82) is 0 Å². The van der Waals surface area contributed by atoms with Gasteiger partial charge in [-0.05, 0) is 81.1 Å². The van der Waals surface area contributed by atoms with Crippen LogP contribution in [-0.2, 0) is 6.54 Å². The molecule has 0 amide bonds. The lowest BCUT2D eigenvalue weighted by atomic mass is 10.0. The van der Waals surface area contributed by atoms with E-state index in [1.807, 2.05) is 0 Å². The van der Waals surface area contributed by atoms with E-state index >= 15 is 0 Å². The van der Waals surface area contributed by atoms with Crippen LogP contribution in [-0.4, -0.2) is 66.9 Å². The Labute approximate surface area is 249 Å². The van der Waals surface area contributed by atoms with Gasteiger partial charge in [0, 0.05) is 75.8 Å². The second kappa shape index (κ2) is 12.9. The van der Waals surface area contributed by atoms with Gasteiger partial charge in [0.05, 0.1) is 0 Å². The van der Waals surface area contributed by atoms with Gasteiger partial charge in [-0.25, -0.2) is 0 Å². The molecule has 0 aliphatic carbocycles. The Morgan fingerprint density at radius 3 is 2.12 bits per heavy atom. The smallest absolute Gasteiger partial charge is 0.232 e. The molecule has 2 N–H and O–H groups in total. The molecule has 0 radical (unpaired) electrons. The first kappa shape index (κ1) is 27.6. The fourth-order valence-electron chi connectivity index (χ4n) is 6.19. The minimum absolute atomic E-state index is 0.461. The highest BCUT2D eigenvalue weighted by Crippen LogP contribution is 2.28. The van der Waals surface area contributed by atoms with E-state index in [0.717, 1.165) is 57.4 Å². The summed E-state index contributed by atoms with van der Waals surface area (Å²) in [6.07, 6.45) is 6.23. The van der Waals surface area contributed by atoms with Gasteiger partial charge < -0.3 is 30.2 Å². The van der Waals surface area contributed by atoms with E-state index in [1.54, 1.807) is 0 Å². The van der Waals surface area contributed by atoms with Gasteiger partial charge >= 0.3 is 0 Å². The molecule has 6 rings (SSSR count). The van der Waals surface area contributed by atoms with Crippen molar-refractivity contribution in [2.75, 3.05) is 70.7 Å². The van der Waals surface area contributed by atoms with Crippen molar-refractivity contribution in [1.82, 2.24) is 15.3 Å². The Kier molecular flexibility index (Phi) is 8.70. The summed E-state index contributed by atoms with van der Waals surface area (Å²) in [7, 11) is 0. The summed E-state index contributed by atoms with van der Waals surface area (Å²) < 4.78 is 0. The fraction of sp³-hybridized carbons (Fsp3) is 0.469. The molecular weight excluding hydrogens is 528 g/mol. The van der Waals surface area contributed by atoms with E-state index in [9.17, 15) is 0 Å². The molecule has 3 saturated heterocycles. The molecule has 41 heavy (non-hydrogen) atoms. The molecule has 3 aromatic rings. The molecule has 3 aliphatic heterocycles. The number of anilines is 5. The minimum Gasteiger partial charge on any atom is -0.372 e. The van der Waals surface area contributed by atoms with Crippen molar-refractivity contribution in [2.45, 2.75) is 51.6 Å². The molecule has 3 aliphatic rings. The molecule has 8 nitrogen and oxygen atoms in total. The third-order valence-corrected chi connectivity index (χ3v) is 8.85. The highest BCUT2D eigenvalue weighted by molar-refractivity contribution is 7.80. The van der Waals surface area contributed by atoms with Crippen molar-refractivity contribution in [3.8, 4) is 0 Å². The van der Waals surface area contributed by atoms with Crippen LogP contribution in [0.4, 0.5) is 29.0 Å². The minimum atomic E-state index is 0.461. The molecule has 216 valence electrons. The van der Waals surface area contributed by atoms with E-state index < -0.39 is 0 Å². The predicted molar refractivity (Wildman–Crippen MR) is 175 cm³/mol. The highest BCUT2D eigenvalue weighted by Gasteiger charge is 2.24. The highest BCUT2D eigenvalue weighted by atomic mass is 32.1. The topological polar surface area (TPSA) is 62.8 Å². The molecule has 1 aromatic heterocycles. The number of hydrogen-bond acceptors (Lipinski definition) is 7. The third-order valence-electron chi connectivity index (χ3n) is 8.61. The van der Waals surface area contributed by atoms with Crippen LogP contribution in [0, 0.1) is 0 Å². The maximum Gasteiger partial charge on any atom is 0.232 e. The largest absolute Gasteiger partial charge is 0.372 e. The Morgan fingerprint density at radius 2 is 1.39 bits per heavy atom. The Bertz CT molecular complexity index is 1290. The molecule has 2 aromatic carbocycles. The number of aromatic nitrogens is 2. The number of nitrogens with one attached hydrogen (secondary N) is 2. The quantitative estimate of drug-likeness (QED) is 0.370. The molecule has 0 bridgehead atoms. The van der Waals surface area contributed by atoms with E-state index in [1.165, 1.54) is 49.0 Å².